The minimum absolute atomic E-state index is 0.269. The van der Waals surface area contributed by atoms with E-state index in [1.165, 1.54) is 0 Å². The van der Waals surface area contributed by atoms with Crippen LogP contribution in [0.4, 0.5) is 0 Å². The molecular formula is C22H25NO5. The van der Waals surface area contributed by atoms with Crippen molar-refractivity contribution in [1.29, 1.82) is 0 Å². The summed E-state index contributed by atoms with van der Waals surface area (Å²) in [5, 5.41) is 0. The number of carbonyl (C=O) groups is 1. The van der Waals surface area contributed by atoms with Crippen LogP contribution < -0.4 is 15.2 Å². The van der Waals surface area contributed by atoms with Gasteiger partial charge in [-0.2, -0.15) is 0 Å². The molecule has 1 saturated heterocycles. The topological polar surface area (TPSA) is 80.0 Å². The number of benzene rings is 2. The summed E-state index contributed by atoms with van der Waals surface area (Å²) in [5.41, 5.74) is 8.15. The van der Waals surface area contributed by atoms with E-state index in [0.717, 1.165) is 11.1 Å². The maximum Gasteiger partial charge on any atom is 0.328 e. The first-order valence-corrected chi connectivity index (χ1v) is 9.66. The fourth-order valence-corrected chi connectivity index (χ4v) is 3.81. The third-order valence-electron chi connectivity index (χ3n) is 5.43. The lowest BCUT2D eigenvalue weighted by Crippen LogP contribution is -2.46. The quantitative estimate of drug-likeness (QED) is 0.610. The molecule has 4 rings (SSSR count). The van der Waals surface area contributed by atoms with E-state index in [1.54, 1.807) is 12.1 Å². The van der Waals surface area contributed by atoms with E-state index in [0.29, 0.717) is 44.2 Å². The van der Waals surface area contributed by atoms with Crippen LogP contribution in [-0.4, -0.2) is 31.0 Å². The zero-order valence-corrected chi connectivity index (χ0v) is 15.9. The average molecular weight is 383 g/mol. The molecule has 2 heterocycles. The normalized spacial score (nSPS) is 23.1. The van der Waals surface area contributed by atoms with Gasteiger partial charge < -0.3 is 24.7 Å². The fraction of sp³-hybridized carbons (Fsp3) is 0.409. The van der Waals surface area contributed by atoms with Crippen LogP contribution >= 0.6 is 0 Å². The van der Waals surface area contributed by atoms with Crippen LogP contribution in [-0.2, 0) is 20.9 Å². The van der Waals surface area contributed by atoms with E-state index in [1.807, 2.05) is 43.3 Å². The first-order valence-electron chi connectivity index (χ1n) is 9.66. The Balaban J connectivity index is 1.59. The fourth-order valence-electron chi connectivity index (χ4n) is 3.81. The Hall–Kier alpha value is -2.41. The Morgan fingerprint density at radius 3 is 2.61 bits per heavy atom. The summed E-state index contributed by atoms with van der Waals surface area (Å²) in [4.78, 5) is 12.3. The molecule has 6 heteroatoms. The molecular weight excluding hydrogens is 358 g/mol. The van der Waals surface area contributed by atoms with Crippen molar-refractivity contribution in [2.24, 2.45) is 5.73 Å². The highest BCUT2D eigenvalue weighted by Gasteiger charge is 2.44. The molecule has 0 spiro atoms. The van der Waals surface area contributed by atoms with Gasteiger partial charge in [0, 0.05) is 17.9 Å². The number of fused-ring (bicyclic) bond motifs is 1. The van der Waals surface area contributed by atoms with Gasteiger partial charge in [-0.1, -0.05) is 37.3 Å². The summed E-state index contributed by atoms with van der Waals surface area (Å²) in [6, 6.07) is 14.7. The van der Waals surface area contributed by atoms with Gasteiger partial charge in [-0.15, -0.1) is 0 Å². The lowest BCUT2D eigenvalue weighted by atomic mass is 9.83. The van der Waals surface area contributed by atoms with Crippen molar-refractivity contribution >= 4 is 5.97 Å². The molecule has 2 aliphatic heterocycles. The molecule has 2 aliphatic rings. The van der Waals surface area contributed by atoms with Gasteiger partial charge in [-0.25, -0.2) is 4.79 Å². The van der Waals surface area contributed by atoms with Crippen LogP contribution in [0.25, 0.3) is 0 Å². The molecule has 0 amide bonds. The minimum Gasteiger partial charge on any atom is -0.489 e. The zero-order chi connectivity index (χ0) is 19.6. The van der Waals surface area contributed by atoms with Crippen LogP contribution in [0.2, 0.25) is 0 Å². The minimum atomic E-state index is -0.770. The summed E-state index contributed by atoms with van der Waals surface area (Å²) in [6.07, 6.45) is 1.18. The maximum absolute atomic E-state index is 12.3. The highest BCUT2D eigenvalue weighted by Crippen LogP contribution is 2.43. The average Bonchev–Trinajstić information content (AvgIpc) is 3.20. The van der Waals surface area contributed by atoms with Gasteiger partial charge in [0.15, 0.2) is 5.79 Å². The molecule has 1 fully saturated rings. The number of ether oxygens (including phenoxy) is 4. The lowest BCUT2D eigenvalue weighted by Gasteiger charge is -2.35. The lowest BCUT2D eigenvalue weighted by molar-refractivity contribution is -0.170. The summed E-state index contributed by atoms with van der Waals surface area (Å²) in [7, 11) is 0. The SMILES string of the molecule is CCC1(C[C@@H]2c3cc(OCc4ccccc4)ccc3OC(=O)C2N)OCCO1. The molecule has 2 atom stereocenters. The largest absolute Gasteiger partial charge is 0.489 e. The highest BCUT2D eigenvalue weighted by molar-refractivity contribution is 5.82. The Morgan fingerprint density at radius 2 is 1.89 bits per heavy atom. The molecule has 6 nitrogen and oxygen atoms in total. The molecule has 0 aliphatic carbocycles. The van der Waals surface area contributed by atoms with E-state index in [2.05, 4.69) is 0 Å². The van der Waals surface area contributed by atoms with Gasteiger partial charge in [-0.3, -0.25) is 0 Å². The van der Waals surface area contributed by atoms with Gasteiger partial charge in [0.1, 0.15) is 24.1 Å². The van der Waals surface area contributed by atoms with Crippen molar-refractivity contribution in [1.82, 2.24) is 0 Å². The molecule has 0 bridgehead atoms. The third-order valence-corrected chi connectivity index (χ3v) is 5.43. The summed E-state index contributed by atoms with van der Waals surface area (Å²) in [5.74, 6) is -0.184. The summed E-state index contributed by atoms with van der Waals surface area (Å²) < 4.78 is 23.1. The van der Waals surface area contributed by atoms with Crippen molar-refractivity contribution in [3.63, 3.8) is 0 Å². The molecule has 2 N–H and O–H groups in total. The van der Waals surface area contributed by atoms with Gasteiger partial charge in [-0.05, 0) is 30.2 Å². The number of hydrogen-bond acceptors (Lipinski definition) is 6. The Kier molecular flexibility index (Phi) is 5.35. The maximum atomic E-state index is 12.3. The Bertz CT molecular complexity index is 832. The van der Waals surface area contributed by atoms with Crippen LogP contribution in [0.5, 0.6) is 11.5 Å². The van der Waals surface area contributed by atoms with E-state index in [-0.39, 0.29) is 5.92 Å². The standard InChI is InChI=1S/C22H25NO5/c1-2-22(26-10-11-27-22)13-18-17-12-16(25-14-15-6-4-3-5-7-15)8-9-19(17)28-21(24)20(18)23/h3-9,12,18,20H,2,10-11,13-14,23H2,1H3/t18-,20?/m1/s1. The second-order valence-corrected chi connectivity index (χ2v) is 7.19. The van der Waals surface area contributed by atoms with Crippen molar-refractivity contribution in [2.45, 2.75) is 44.1 Å². The van der Waals surface area contributed by atoms with Gasteiger partial charge in [0.2, 0.25) is 0 Å². The number of hydrogen-bond donors (Lipinski definition) is 1. The van der Waals surface area contributed by atoms with Crippen molar-refractivity contribution in [3.8, 4) is 11.5 Å². The first-order chi connectivity index (χ1) is 13.6. The number of rotatable bonds is 6. The molecule has 1 unspecified atom stereocenters. The molecule has 0 aromatic heterocycles. The molecule has 2 aromatic rings. The third kappa shape index (κ3) is 3.76. The van der Waals surface area contributed by atoms with Crippen LogP contribution in [0.1, 0.15) is 36.8 Å². The van der Waals surface area contributed by atoms with E-state index >= 15 is 0 Å². The molecule has 148 valence electrons. The van der Waals surface area contributed by atoms with Gasteiger partial charge in [0.05, 0.1) is 13.2 Å². The van der Waals surface area contributed by atoms with Crippen molar-refractivity contribution in [3.05, 3.63) is 59.7 Å². The molecule has 2 aromatic carbocycles. The van der Waals surface area contributed by atoms with Crippen molar-refractivity contribution < 1.29 is 23.7 Å². The molecule has 0 radical (unpaired) electrons. The smallest absolute Gasteiger partial charge is 0.328 e. The monoisotopic (exact) mass is 383 g/mol. The highest BCUT2D eigenvalue weighted by atomic mass is 16.7. The first kappa shape index (κ1) is 18.9. The summed E-state index contributed by atoms with van der Waals surface area (Å²) in [6.45, 7) is 3.57. The number of esters is 1. The van der Waals surface area contributed by atoms with E-state index in [9.17, 15) is 4.79 Å². The zero-order valence-electron chi connectivity index (χ0n) is 15.9. The second kappa shape index (κ2) is 7.91. The Morgan fingerprint density at radius 1 is 1.14 bits per heavy atom. The van der Waals surface area contributed by atoms with Gasteiger partial charge in [0.25, 0.3) is 0 Å². The van der Waals surface area contributed by atoms with Gasteiger partial charge >= 0.3 is 5.97 Å². The number of carbonyl (C=O) groups excluding carboxylic acids is 1. The van der Waals surface area contributed by atoms with Crippen LogP contribution in [0, 0.1) is 0 Å². The Labute approximate surface area is 164 Å². The van der Waals surface area contributed by atoms with E-state index in [4.69, 9.17) is 24.7 Å². The predicted octanol–water partition coefficient (Wildman–Crippen LogP) is 3.14. The van der Waals surface area contributed by atoms with Crippen LogP contribution in [0.3, 0.4) is 0 Å². The van der Waals surface area contributed by atoms with E-state index < -0.39 is 17.8 Å². The second-order valence-electron chi connectivity index (χ2n) is 7.19. The van der Waals surface area contributed by atoms with Crippen LogP contribution in [0.15, 0.2) is 48.5 Å². The molecule has 28 heavy (non-hydrogen) atoms. The predicted molar refractivity (Wildman–Crippen MR) is 103 cm³/mol. The molecule has 0 saturated carbocycles. The summed E-state index contributed by atoms with van der Waals surface area (Å²) >= 11 is 0. The van der Waals surface area contributed by atoms with Crippen molar-refractivity contribution in [2.75, 3.05) is 13.2 Å². The number of nitrogens with two attached hydrogens (primary N) is 1.